The van der Waals surface area contributed by atoms with E-state index in [0.29, 0.717) is 19.7 Å². The second-order valence-electron chi connectivity index (χ2n) is 6.94. The number of rotatable bonds is 5. The van der Waals surface area contributed by atoms with E-state index < -0.39 is 0 Å². The van der Waals surface area contributed by atoms with Crippen molar-refractivity contribution in [2.75, 3.05) is 53.0 Å². The molecule has 0 radical (unpaired) electrons. The average molecular weight is 311 g/mol. The molecule has 126 valence electrons. The largest absolute Gasteiger partial charge is 0.381 e. The summed E-state index contributed by atoms with van der Waals surface area (Å²) in [7, 11) is 2.16. The van der Waals surface area contributed by atoms with Gasteiger partial charge in [0.2, 0.25) is 0 Å². The number of nitrogens with zero attached hydrogens (tertiary/aromatic N) is 2. The molecule has 22 heavy (non-hydrogen) atoms. The minimum Gasteiger partial charge on any atom is -0.381 e. The van der Waals surface area contributed by atoms with Gasteiger partial charge in [-0.3, -0.25) is 0 Å². The third kappa shape index (κ3) is 4.83. The Hall–Kier alpha value is -0.850. The molecule has 2 aliphatic heterocycles. The Labute approximate surface area is 133 Å². The first-order valence-corrected chi connectivity index (χ1v) is 8.64. The molecule has 2 heterocycles. The van der Waals surface area contributed by atoms with E-state index in [0.717, 1.165) is 45.1 Å². The highest BCUT2D eigenvalue weighted by molar-refractivity contribution is 5.74. The molecule has 3 rings (SSSR count). The highest BCUT2D eigenvalue weighted by atomic mass is 16.5. The molecule has 0 aromatic rings. The molecule has 6 heteroatoms. The van der Waals surface area contributed by atoms with E-state index in [1.807, 2.05) is 4.90 Å². The fourth-order valence-electron chi connectivity index (χ4n) is 3.29. The topological polar surface area (TPSA) is 54.0 Å². The van der Waals surface area contributed by atoms with Gasteiger partial charge in [0, 0.05) is 45.4 Å². The van der Waals surface area contributed by atoms with E-state index in [4.69, 9.17) is 9.47 Å². The van der Waals surface area contributed by atoms with Crippen LogP contribution in [0.5, 0.6) is 0 Å². The lowest BCUT2D eigenvalue weighted by Gasteiger charge is -2.36. The molecule has 0 spiro atoms. The fraction of sp³-hybridized carbons (Fsp3) is 0.938. The van der Waals surface area contributed by atoms with Crippen molar-refractivity contribution >= 4 is 6.03 Å². The van der Waals surface area contributed by atoms with Crippen LogP contribution < -0.4 is 5.32 Å². The zero-order valence-corrected chi connectivity index (χ0v) is 13.6. The number of amides is 2. The predicted octanol–water partition coefficient (Wildman–Crippen LogP) is 0.918. The monoisotopic (exact) mass is 311 g/mol. The van der Waals surface area contributed by atoms with Gasteiger partial charge in [0.25, 0.3) is 0 Å². The van der Waals surface area contributed by atoms with Gasteiger partial charge in [-0.1, -0.05) is 0 Å². The highest BCUT2D eigenvalue weighted by Crippen LogP contribution is 2.29. The van der Waals surface area contributed by atoms with Crippen LogP contribution in [0.2, 0.25) is 0 Å². The molecule has 2 amide bonds. The Kier molecular flexibility index (Phi) is 5.55. The van der Waals surface area contributed by atoms with Gasteiger partial charge in [-0.2, -0.15) is 0 Å². The molecule has 3 aliphatic rings. The van der Waals surface area contributed by atoms with E-state index in [2.05, 4.69) is 17.3 Å². The molecule has 0 aromatic carbocycles. The summed E-state index contributed by atoms with van der Waals surface area (Å²) < 4.78 is 11.2. The first-order chi connectivity index (χ1) is 10.7. The highest BCUT2D eigenvalue weighted by Gasteiger charge is 2.28. The van der Waals surface area contributed by atoms with Crippen molar-refractivity contribution in [3.05, 3.63) is 0 Å². The number of hydrogen-bond donors (Lipinski definition) is 1. The van der Waals surface area contributed by atoms with Crippen LogP contribution in [-0.2, 0) is 9.47 Å². The number of ether oxygens (including phenoxy) is 2. The standard InChI is InChI=1S/C16H29N3O3/c1-18(10-13-2-3-13)11-15-12-19(6-9-22-15)16(20)17-14-4-7-21-8-5-14/h13-15H,2-12H2,1H3,(H,17,20)/t15-/m0/s1. The number of hydrogen-bond acceptors (Lipinski definition) is 4. The lowest BCUT2D eigenvalue weighted by Crippen LogP contribution is -2.54. The first-order valence-electron chi connectivity index (χ1n) is 8.64. The Bertz CT molecular complexity index is 370. The van der Waals surface area contributed by atoms with E-state index >= 15 is 0 Å². The molecule has 1 aliphatic carbocycles. The number of likely N-dealkylation sites (N-methyl/N-ethyl adjacent to an activating group) is 1. The van der Waals surface area contributed by atoms with Crippen LogP contribution in [0.3, 0.4) is 0 Å². The maximum atomic E-state index is 12.4. The third-order valence-corrected chi connectivity index (χ3v) is 4.76. The van der Waals surface area contributed by atoms with Gasteiger partial charge in [0.15, 0.2) is 0 Å². The predicted molar refractivity (Wildman–Crippen MR) is 83.9 cm³/mol. The van der Waals surface area contributed by atoms with Crippen LogP contribution in [0.25, 0.3) is 0 Å². The molecule has 1 saturated carbocycles. The van der Waals surface area contributed by atoms with E-state index in [1.54, 1.807) is 0 Å². The Morgan fingerprint density at radius 2 is 1.95 bits per heavy atom. The lowest BCUT2D eigenvalue weighted by molar-refractivity contribution is -0.0285. The second-order valence-corrected chi connectivity index (χ2v) is 6.94. The SMILES string of the molecule is CN(CC1CC1)C[C@H]1CN(C(=O)NC2CCOCC2)CCO1. The van der Waals surface area contributed by atoms with Crippen molar-refractivity contribution in [2.45, 2.75) is 37.8 Å². The van der Waals surface area contributed by atoms with Crippen molar-refractivity contribution in [1.29, 1.82) is 0 Å². The Morgan fingerprint density at radius 1 is 1.18 bits per heavy atom. The third-order valence-electron chi connectivity index (χ3n) is 4.76. The van der Waals surface area contributed by atoms with Gasteiger partial charge in [-0.15, -0.1) is 0 Å². The molecule has 1 N–H and O–H groups in total. The van der Waals surface area contributed by atoms with Crippen LogP contribution in [0.15, 0.2) is 0 Å². The molecule has 1 atom stereocenters. The average Bonchev–Trinajstić information content (AvgIpc) is 3.32. The van der Waals surface area contributed by atoms with Gasteiger partial charge in [-0.05, 0) is 38.6 Å². The van der Waals surface area contributed by atoms with Crippen molar-refractivity contribution in [2.24, 2.45) is 5.92 Å². The molecule has 0 aromatic heterocycles. The molecule has 0 unspecified atom stereocenters. The molecule has 2 saturated heterocycles. The van der Waals surface area contributed by atoms with Gasteiger partial charge in [-0.25, -0.2) is 4.79 Å². The minimum absolute atomic E-state index is 0.0602. The normalized spacial score (nSPS) is 27.2. The lowest BCUT2D eigenvalue weighted by atomic mass is 10.1. The van der Waals surface area contributed by atoms with Gasteiger partial charge in [0.05, 0.1) is 12.7 Å². The number of carbonyl (C=O) groups is 1. The van der Waals surface area contributed by atoms with Crippen molar-refractivity contribution < 1.29 is 14.3 Å². The smallest absolute Gasteiger partial charge is 0.317 e. The summed E-state index contributed by atoms with van der Waals surface area (Å²) in [5, 5.41) is 3.14. The van der Waals surface area contributed by atoms with Gasteiger partial charge in [0.1, 0.15) is 0 Å². The summed E-state index contributed by atoms with van der Waals surface area (Å²) in [5.41, 5.74) is 0. The number of morpholine rings is 1. The zero-order valence-electron chi connectivity index (χ0n) is 13.6. The first kappa shape index (κ1) is 16.0. The van der Waals surface area contributed by atoms with Crippen LogP contribution in [0.4, 0.5) is 4.79 Å². The van der Waals surface area contributed by atoms with E-state index in [1.165, 1.54) is 12.8 Å². The molecular weight excluding hydrogens is 282 g/mol. The van der Waals surface area contributed by atoms with Crippen LogP contribution >= 0.6 is 0 Å². The summed E-state index contributed by atoms with van der Waals surface area (Å²) in [5.74, 6) is 0.890. The Balaban J connectivity index is 1.41. The van der Waals surface area contributed by atoms with Crippen LogP contribution in [-0.4, -0.2) is 81.0 Å². The Morgan fingerprint density at radius 3 is 2.68 bits per heavy atom. The number of nitrogens with one attached hydrogen (secondary N) is 1. The van der Waals surface area contributed by atoms with E-state index in [-0.39, 0.29) is 18.2 Å². The zero-order chi connectivity index (χ0) is 15.4. The van der Waals surface area contributed by atoms with Crippen LogP contribution in [0, 0.1) is 5.92 Å². The summed E-state index contributed by atoms with van der Waals surface area (Å²) in [6.45, 7) is 5.61. The van der Waals surface area contributed by atoms with Crippen molar-refractivity contribution in [1.82, 2.24) is 15.1 Å². The molecule has 3 fully saturated rings. The number of urea groups is 1. The minimum atomic E-state index is 0.0602. The van der Waals surface area contributed by atoms with Gasteiger partial charge < -0.3 is 24.6 Å². The van der Waals surface area contributed by atoms with Gasteiger partial charge >= 0.3 is 6.03 Å². The van der Waals surface area contributed by atoms with Crippen molar-refractivity contribution in [3.63, 3.8) is 0 Å². The van der Waals surface area contributed by atoms with Crippen LogP contribution in [0.1, 0.15) is 25.7 Å². The number of carbonyl (C=O) groups excluding carboxylic acids is 1. The second kappa shape index (κ2) is 7.62. The molecular formula is C16H29N3O3. The summed E-state index contributed by atoms with van der Waals surface area (Å²) in [4.78, 5) is 16.7. The summed E-state index contributed by atoms with van der Waals surface area (Å²) in [6.07, 6.45) is 4.72. The summed E-state index contributed by atoms with van der Waals surface area (Å²) in [6, 6.07) is 0.324. The fourth-order valence-corrected chi connectivity index (χ4v) is 3.29. The maximum Gasteiger partial charge on any atom is 0.317 e. The maximum absolute atomic E-state index is 12.4. The molecule has 0 bridgehead atoms. The summed E-state index contributed by atoms with van der Waals surface area (Å²) >= 11 is 0. The van der Waals surface area contributed by atoms with E-state index in [9.17, 15) is 4.79 Å². The van der Waals surface area contributed by atoms with Crippen molar-refractivity contribution in [3.8, 4) is 0 Å². The quantitative estimate of drug-likeness (QED) is 0.820. The molecule has 6 nitrogen and oxygen atoms in total.